The van der Waals surface area contributed by atoms with E-state index in [1.807, 2.05) is 0 Å². The van der Waals surface area contributed by atoms with Crippen LogP contribution in [0.1, 0.15) is 32.4 Å². The number of rotatable bonds is 13. The smallest absolute Gasteiger partial charge is 0.543 e. The minimum atomic E-state index is -2.27. The van der Waals surface area contributed by atoms with Gasteiger partial charge in [0.1, 0.15) is 11.4 Å². The second-order valence-electron chi connectivity index (χ2n) is 11.6. The Labute approximate surface area is 341 Å². The number of hydrogen-bond donors (Lipinski definition) is 3. The molecule has 3 N–H and O–H groups in total. The summed E-state index contributed by atoms with van der Waals surface area (Å²) in [5, 5.41) is 29.6. The van der Waals surface area contributed by atoms with Crippen LogP contribution in [0.4, 0.5) is 4.79 Å². The topological polar surface area (TPSA) is 285 Å². The number of hydrogen-bond acceptors (Lipinski definition) is 17. The number of esters is 2. The fraction of sp³-hybridized carbons (Fsp3) is 0.400. The SMILES string of the molecule is CCN1CCN(C(=O)NC(C(=O)N[C@]2(NC=O)C(=O)N3C(C(=O)[O-])=C(CSc4nnnn4C)CS[C@@H]32)c2ccc(OC(C)=O)c(OC(C)=O)c2)C(=O)C1=O.[Na+]. The molecule has 1 aromatic carbocycles. The number of carbonyl (C=O) groups excluding carboxylic acids is 9. The predicted molar refractivity (Wildman–Crippen MR) is 179 cm³/mol. The van der Waals surface area contributed by atoms with Gasteiger partial charge in [0, 0.05) is 52.0 Å². The van der Waals surface area contributed by atoms with Crippen molar-refractivity contribution in [2.45, 2.75) is 43.0 Å². The molecule has 25 heteroatoms. The number of ether oxygens (including phenoxy) is 2. The first-order valence-corrected chi connectivity index (χ1v) is 17.9. The van der Waals surface area contributed by atoms with Crippen LogP contribution in [0, 0.1) is 0 Å². The van der Waals surface area contributed by atoms with Crippen LogP contribution in [0.5, 0.6) is 11.5 Å². The fourth-order valence-electron chi connectivity index (χ4n) is 5.71. The quantitative estimate of drug-likeness (QED) is 0.0248. The van der Waals surface area contributed by atoms with Crippen molar-refractivity contribution in [2.75, 3.05) is 31.1 Å². The van der Waals surface area contributed by atoms with E-state index >= 15 is 0 Å². The van der Waals surface area contributed by atoms with Crippen molar-refractivity contribution in [2.24, 2.45) is 7.05 Å². The molecule has 0 saturated carbocycles. The minimum Gasteiger partial charge on any atom is -0.543 e. The number of β-lactam (4-membered cyclic amide) rings is 1. The fourth-order valence-corrected chi connectivity index (χ4v) is 8.12. The Kier molecular flexibility index (Phi) is 13.7. The molecule has 5 rings (SSSR count). The van der Waals surface area contributed by atoms with Crippen molar-refractivity contribution in [1.82, 2.24) is 50.9 Å². The van der Waals surface area contributed by atoms with E-state index in [2.05, 4.69) is 31.5 Å². The summed E-state index contributed by atoms with van der Waals surface area (Å²) < 4.78 is 11.6. The average molecular weight is 811 g/mol. The molecule has 22 nitrogen and oxygen atoms in total. The van der Waals surface area contributed by atoms with Crippen LogP contribution in [-0.2, 0) is 45.4 Å². The van der Waals surface area contributed by atoms with E-state index in [0.29, 0.717) is 10.1 Å². The molecule has 0 bridgehead atoms. The molecule has 2 saturated heterocycles. The van der Waals surface area contributed by atoms with Crippen molar-refractivity contribution in [3.63, 3.8) is 0 Å². The first kappa shape index (κ1) is 42.7. The van der Waals surface area contributed by atoms with Gasteiger partial charge in [0.15, 0.2) is 11.5 Å². The number of tetrazole rings is 1. The number of carboxylic acid groups (broad SMARTS) is 1. The molecule has 7 amide bonds. The molecule has 55 heavy (non-hydrogen) atoms. The monoisotopic (exact) mass is 810 g/mol. The maximum atomic E-state index is 14.3. The number of urea groups is 1. The normalized spacial score (nSPS) is 19.7. The second-order valence-corrected chi connectivity index (χ2v) is 13.6. The Balaban J connectivity index is 0.00000673. The van der Waals surface area contributed by atoms with Gasteiger partial charge >= 0.3 is 59.3 Å². The number of likely N-dealkylation sites (N-methyl/N-ethyl adjacent to an activating group) is 1. The van der Waals surface area contributed by atoms with Crippen LogP contribution >= 0.6 is 23.5 Å². The van der Waals surface area contributed by atoms with Gasteiger partial charge in [0.25, 0.3) is 5.91 Å². The number of aromatic nitrogens is 4. The number of imide groups is 1. The van der Waals surface area contributed by atoms with Crippen LogP contribution in [0.25, 0.3) is 0 Å². The summed E-state index contributed by atoms with van der Waals surface area (Å²) in [5.41, 5.74) is -2.64. The number of carbonyl (C=O) groups is 9. The van der Waals surface area contributed by atoms with E-state index in [1.165, 1.54) is 15.6 Å². The molecule has 0 spiro atoms. The van der Waals surface area contributed by atoms with Crippen molar-refractivity contribution < 1.29 is 87.3 Å². The standard InChI is InChI=1S/C30H32N10O12S2.Na/c1-5-38-8-9-39(24(46)23(38)45)28(50)32-20(16-6-7-18(51-14(2)42)19(10-16)52-15(3)43)22(44)33-30(31-13-41)26(49)40-21(25(47)48)17(11-53-27(30)40)12-54-29-34-35-36-37(29)4;/h6-7,10,13,20,27H,5,8-9,11-12H2,1-4H3,(H,31,41)(H,32,50)(H,33,44)(H,47,48);/q;+1/p-1/t20?,27-,30-;/m1./s1. The Morgan fingerprint density at radius 3 is 2.38 bits per heavy atom. The van der Waals surface area contributed by atoms with Gasteiger partial charge in [0.05, 0.1) is 11.7 Å². The number of nitrogens with zero attached hydrogens (tertiary/aromatic N) is 7. The molecular weight excluding hydrogens is 780 g/mol. The number of benzene rings is 1. The van der Waals surface area contributed by atoms with E-state index in [0.717, 1.165) is 54.4 Å². The zero-order valence-electron chi connectivity index (χ0n) is 29.8. The molecule has 1 unspecified atom stereocenters. The molecule has 2 aromatic rings. The van der Waals surface area contributed by atoms with Crippen LogP contribution in [0.2, 0.25) is 0 Å². The molecule has 1 aromatic heterocycles. The Bertz CT molecular complexity index is 2000. The molecule has 286 valence electrons. The Hall–Kier alpha value is -5.04. The summed E-state index contributed by atoms with van der Waals surface area (Å²) >= 11 is 2.09. The molecule has 0 radical (unpaired) electrons. The second kappa shape index (κ2) is 17.6. The van der Waals surface area contributed by atoms with Crippen LogP contribution in [0.3, 0.4) is 0 Å². The molecule has 2 fully saturated rings. The third-order valence-corrected chi connectivity index (χ3v) is 10.7. The van der Waals surface area contributed by atoms with Gasteiger partial charge in [-0.3, -0.25) is 43.4 Å². The molecule has 4 heterocycles. The summed E-state index contributed by atoms with van der Waals surface area (Å²) in [7, 11) is 1.58. The first-order valence-electron chi connectivity index (χ1n) is 15.8. The predicted octanol–water partition coefficient (Wildman–Crippen LogP) is -6.22. The molecule has 3 atom stereocenters. The summed E-state index contributed by atoms with van der Waals surface area (Å²) in [6.45, 7) is 3.73. The Morgan fingerprint density at radius 1 is 1.09 bits per heavy atom. The van der Waals surface area contributed by atoms with E-state index in [1.54, 1.807) is 14.0 Å². The van der Waals surface area contributed by atoms with Crippen molar-refractivity contribution >= 4 is 77.5 Å². The number of nitrogens with one attached hydrogen (secondary N) is 3. The van der Waals surface area contributed by atoms with E-state index in [4.69, 9.17) is 9.47 Å². The molecular formula is C30H31N10NaO12S2. The van der Waals surface area contributed by atoms with E-state index in [-0.39, 0.29) is 89.7 Å². The number of amides is 7. The van der Waals surface area contributed by atoms with Gasteiger partial charge < -0.3 is 40.2 Å². The third kappa shape index (κ3) is 8.61. The van der Waals surface area contributed by atoms with Crippen molar-refractivity contribution in [3.8, 4) is 11.5 Å². The first-order chi connectivity index (χ1) is 25.6. The number of piperazine rings is 1. The van der Waals surface area contributed by atoms with E-state index in [9.17, 15) is 48.3 Å². The molecule has 3 aliphatic rings. The number of carboxylic acids is 1. The number of aryl methyl sites for hydroxylation is 1. The minimum absolute atomic E-state index is 0. The van der Waals surface area contributed by atoms with Gasteiger partial charge in [-0.05, 0) is 40.6 Å². The Morgan fingerprint density at radius 2 is 1.78 bits per heavy atom. The summed E-state index contributed by atoms with van der Waals surface area (Å²) in [6.07, 6.45) is 0.114. The number of aliphatic carboxylic acids is 1. The van der Waals surface area contributed by atoms with Gasteiger partial charge in [-0.1, -0.05) is 17.8 Å². The zero-order chi connectivity index (χ0) is 39.5. The van der Waals surface area contributed by atoms with Crippen molar-refractivity contribution in [3.05, 3.63) is 35.0 Å². The van der Waals surface area contributed by atoms with Crippen LogP contribution in [0.15, 0.2) is 34.6 Å². The maximum absolute atomic E-state index is 14.3. The zero-order valence-corrected chi connectivity index (χ0v) is 33.5. The maximum Gasteiger partial charge on any atom is 1.00 e. The largest absolute Gasteiger partial charge is 1.00 e. The van der Waals surface area contributed by atoms with Gasteiger partial charge in [-0.2, -0.15) is 0 Å². The number of fused-ring (bicyclic) bond motifs is 1. The molecule has 3 aliphatic heterocycles. The van der Waals surface area contributed by atoms with Crippen LogP contribution < -0.4 is 60.1 Å². The van der Waals surface area contributed by atoms with Gasteiger partial charge in [-0.15, -0.1) is 16.9 Å². The summed E-state index contributed by atoms with van der Waals surface area (Å²) in [4.78, 5) is 118. The summed E-state index contributed by atoms with van der Waals surface area (Å²) in [5.74, 6) is -8.30. The third-order valence-electron chi connectivity index (χ3n) is 8.18. The molecule has 0 aliphatic carbocycles. The van der Waals surface area contributed by atoms with Gasteiger partial charge in [0.2, 0.25) is 23.1 Å². The summed E-state index contributed by atoms with van der Waals surface area (Å²) in [6, 6.07) is 0.375. The van der Waals surface area contributed by atoms with Gasteiger partial charge in [-0.25, -0.2) is 9.48 Å². The van der Waals surface area contributed by atoms with Crippen molar-refractivity contribution in [1.29, 1.82) is 0 Å². The number of thioether (sulfide) groups is 2. The van der Waals surface area contributed by atoms with E-state index < -0.39 is 70.3 Å². The average Bonchev–Trinajstić information content (AvgIpc) is 3.54. The van der Waals surface area contributed by atoms with Crippen LogP contribution in [-0.4, -0.2) is 131 Å².